The summed E-state index contributed by atoms with van der Waals surface area (Å²) in [5, 5.41) is 1.27. The summed E-state index contributed by atoms with van der Waals surface area (Å²) in [6.45, 7) is 6.51. The van der Waals surface area contributed by atoms with Gasteiger partial charge in [0.05, 0.1) is 12.1 Å². The number of amides is 1. The molecule has 0 saturated heterocycles. The second-order valence-corrected chi connectivity index (χ2v) is 9.60. The third-order valence-corrected chi connectivity index (χ3v) is 6.73. The van der Waals surface area contributed by atoms with E-state index in [1.807, 2.05) is 17.0 Å². The number of hydrogen-bond donors (Lipinski definition) is 0. The van der Waals surface area contributed by atoms with Gasteiger partial charge in [-0.25, -0.2) is 0 Å². The smallest absolute Gasteiger partial charge is 0.259 e. The molecule has 0 atom stereocenters. The molecule has 0 aromatic heterocycles. The van der Waals surface area contributed by atoms with Crippen LogP contribution in [0.3, 0.4) is 0 Å². The Hall–Kier alpha value is -2.34. The number of rotatable bonds is 4. The maximum Gasteiger partial charge on any atom is 0.259 e. The standard InChI is InChI=1S/C25H26Cl2N4O/c1-17-3-5-18(6-4-17)15-31-24(32)22-16-29(14-19-11-20(26)13-21(27)12-19)10-7-23(22)30-9-2-8-28-25(30)31/h3-6,11-13H,2,7-10,14-16H2,1H3. The van der Waals surface area contributed by atoms with Crippen LogP contribution in [0.2, 0.25) is 10.0 Å². The van der Waals surface area contributed by atoms with Gasteiger partial charge in [-0.1, -0.05) is 53.0 Å². The predicted octanol–water partition coefficient (Wildman–Crippen LogP) is 4.87. The summed E-state index contributed by atoms with van der Waals surface area (Å²) in [7, 11) is 0. The predicted molar refractivity (Wildman–Crippen MR) is 129 cm³/mol. The Balaban J connectivity index is 1.41. The average molecular weight is 469 g/mol. The monoisotopic (exact) mass is 468 g/mol. The first kappa shape index (κ1) is 21.5. The van der Waals surface area contributed by atoms with Crippen LogP contribution >= 0.6 is 23.2 Å². The number of fused-ring (bicyclic) bond motifs is 2. The van der Waals surface area contributed by atoms with Crippen molar-refractivity contribution < 1.29 is 4.79 Å². The second-order valence-electron chi connectivity index (χ2n) is 8.73. The number of guanidine groups is 1. The summed E-state index contributed by atoms with van der Waals surface area (Å²) in [4.78, 5) is 24.9. The average Bonchev–Trinajstić information content (AvgIpc) is 2.77. The van der Waals surface area contributed by atoms with E-state index in [0.717, 1.165) is 60.8 Å². The Morgan fingerprint density at radius 2 is 1.72 bits per heavy atom. The Kier molecular flexibility index (Phi) is 5.97. The van der Waals surface area contributed by atoms with Crippen molar-refractivity contribution in [2.24, 2.45) is 4.99 Å². The van der Waals surface area contributed by atoms with E-state index >= 15 is 0 Å². The SMILES string of the molecule is Cc1ccc(CN2C(=O)C3=C(CCN(Cc4cc(Cl)cc(Cl)c4)C3)N3CCCN=C23)cc1. The molecule has 0 radical (unpaired) electrons. The van der Waals surface area contributed by atoms with Gasteiger partial charge in [0, 0.05) is 54.9 Å². The maximum absolute atomic E-state index is 13.7. The van der Waals surface area contributed by atoms with E-state index in [2.05, 4.69) is 41.0 Å². The maximum atomic E-state index is 13.7. The second kappa shape index (κ2) is 8.89. The molecule has 3 aliphatic rings. The Morgan fingerprint density at radius 3 is 2.47 bits per heavy atom. The topological polar surface area (TPSA) is 39.2 Å². The van der Waals surface area contributed by atoms with Crippen LogP contribution in [-0.4, -0.2) is 52.7 Å². The van der Waals surface area contributed by atoms with Crippen molar-refractivity contribution >= 4 is 35.1 Å². The molecule has 3 heterocycles. The zero-order valence-corrected chi connectivity index (χ0v) is 19.7. The lowest BCUT2D eigenvalue weighted by Crippen LogP contribution is -2.56. The van der Waals surface area contributed by atoms with Crippen molar-refractivity contribution in [2.45, 2.75) is 32.9 Å². The van der Waals surface area contributed by atoms with Gasteiger partial charge in [0.2, 0.25) is 5.96 Å². The van der Waals surface area contributed by atoms with E-state index in [9.17, 15) is 4.79 Å². The molecule has 3 aliphatic heterocycles. The third kappa shape index (κ3) is 4.29. The van der Waals surface area contributed by atoms with Crippen LogP contribution in [0.5, 0.6) is 0 Å². The summed E-state index contributed by atoms with van der Waals surface area (Å²) >= 11 is 12.4. The number of hydrogen-bond acceptors (Lipinski definition) is 4. The van der Waals surface area contributed by atoms with Crippen molar-refractivity contribution in [1.82, 2.24) is 14.7 Å². The summed E-state index contributed by atoms with van der Waals surface area (Å²) in [6, 6.07) is 14.0. The number of carbonyl (C=O) groups excluding carboxylic acids is 1. The summed E-state index contributed by atoms with van der Waals surface area (Å²) in [5.41, 5.74) is 5.42. The lowest BCUT2D eigenvalue weighted by molar-refractivity contribution is -0.125. The van der Waals surface area contributed by atoms with Crippen LogP contribution in [0.25, 0.3) is 0 Å². The van der Waals surface area contributed by atoms with E-state index in [-0.39, 0.29) is 5.91 Å². The van der Waals surface area contributed by atoms with E-state index < -0.39 is 0 Å². The first-order valence-corrected chi connectivity index (χ1v) is 11.8. The van der Waals surface area contributed by atoms with E-state index in [1.54, 1.807) is 6.07 Å². The Labute approximate surface area is 198 Å². The highest BCUT2D eigenvalue weighted by atomic mass is 35.5. The molecule has 5 nitrogen and oxygen atoms in total. The van der Waals surface area contributed by atoms with Crippen molar-refractivity contribution in [3.63, 3.8) is 0 Å². The first-order chi connectivity index (χ1) is 15.5. The van der Waals surface area contributed by atoms with Crippen LogP contribution < -0.4 is 0 Å². The molecule has 0 saturated carbocycles. The molecule has 7 heteroatoms. The van der Waals surface area contributed by atoms with Crippen LogP contribution in [-0.2, 0) is 17.9 Å². The molecule has 0 fully saturated rings. The van der Waals surface area contributed by atoms with Gasteiger partial charge in [-0.3, -0.25) is 19.6 Å². The molecular formula is C25H26Cl2N4O. The molecule has 0 bridgehead atoms. The third-order valence-electron chi connectivity index (χ3n) is 6.29. The van der Waals surface area contributed by atoms with Crippen LogP contribution in [0.4, 0.5) is 0 Å². The highest BCUT2D eigenvalue weighted by Gasteiger charge is 2.40. The summed E-state index contributed by atoms with van der Waals surface area (Å²) in [6.07, 6.45) is 1.85. The van der Waals surface area contributed by atoms with Crippen LogP contribution in [0, 0.1) is 6.92 Å². The first-order valence-electron chi connectivity index (χ1n) is 11.1. The highest BCUT2D eigenvalue weighted by Crippen LogP contribution is 2.32. The quantitative estimate of drug-likeness (QED) is 0.642. The molecule has 0 unspecified atom stereocenters. The molecule has 0 aliphatic carbocycles. The largest absolute Gasteiger partial charge is 0.315 e. The van der Waals surface area contributed by atoms with Gasteiger partial charge in [0.25, 0.3) is 5.91 Å². The summed E-state index contributed by atoms with van der Waals surface area (Å²) in [5.74, 6) is 0.891. The van der Waals surface area contributed by atoms with E-state index in [0.29, 0.717) is 29.7 Å². The zero-order chi connectivity index (χ0) is 22.2. The van der Waals surface area contributed by atoms with Gasteiger partial charge in [-0.2, -0.15) is 0 Å². The van der Waals surface area contributed by atoms with Crippen molar-refractivity contribution in [3.05, 3.63) is 80.5 Å². The fraction of sp³-hybridized carbons (Fsp3) is 0.360. The lowest BCUT2D eigenvalue weighted by atomic mass is 9.99. The van der Waals surface area contributed by atoms with Crippen molar-refractivity contribution in [1.29, 1.82) is 0 Å². The van der Waals surface area contributed by atoms with Crippen molar-refractivity contribution in [2.75, 3.05) is 26.2 Å². The molecular weight excluding hydrogens is 443 g/mol. The van der Waals surface area contributed by atoms with Gasteiger partial charge in [0.1, 0.15) is 0 Å². The molecule has 32 heavy (non-hydrogen) atoms. The van der Waals surface area contributed by atoms with E-state index in [4.69, 9.17) is 28.2 Å². The molecule has 166 valence electrons. The van der Waals surface area contributed by atoms with Gasteiger partial charge in [-0.15, -0.1) is 0 Å². The molecule has 5 rings (SSSR count). The van der Waals surface area contributed by atoms with Crippen molar-refractivity contribution in [3.8, 4) is 0 Å². The van der Waals surface area contributed by atoms with Gasteiger partial charge >= 0.3 is 0 Å². The normalized spacial score (nSPS) is 19.1. The lowest BCUT2D eigenvalue weighted by Gasteiger charge is -2.45. The number of nitrogens with zero attached hydrogens (tertiary/aromatic N) is 4. The van der Waals surface area contributed by atoms with Crippen LogP contribution in [0.1, 0.15) is 29.5 Å². The molecule has 0 spiro atoms. The fourth-order valence-electron chi connectivity index (χ4n) is 4.75. The number of benzene rings is 2. The minimum Gasteiger partial charge on any atom is -0.315 e. The van der Waals surface area contributed by atoms with Gasteiger partial charge < -0.3 is 4.90 Å². The van der Waals surface area contributed by atoms with Gasteiger partial charge in [-0.05, 0) is 42.7 Å². The minimum atomic E-state index is 0.0753. The zero-order valence-electron chi connectivity index (χ0n) is 18.2. The van der Waals surface area contributed by atoms with E-state index in [1.165, 1.54) is 5.56 Å². The molecule has 1 amide bonds. The highest BCUT2D eigenvalue weighted by molar-refractivity contribution is 6.34. The number of carbonyl (C=O) groups is 1. The Morgan fingerprint density at radius 1 is 0.969 bits per heavy atom. The number of aliphatic imine (C=N–C) groups is 1. The Bertz CT molecular complexity index is 1090. The molecule has 2 aromatic carbocycles. The molecule has 0 N–H and O–H groups in total. The van der Waals surface area contributed by atoms with Gasteiger partial charge in [0.15, 0.2) is 0 Å². The fourth-order valence-corrected chi connectivity index (χ4v) is 5.32. The summed E-state index contributed by atoms with van der Waals surface area (Å²) < 4.78 is 0. The number of aryl methyl sites for hydroxylation is 1. The molecule has 2 aromatic rings. The minimum absolute atomic E-state index is 0.0753. The number of halogens is 2. The van der Waals surface area contributed by atoms with Crippen LogP contribution in [0.15, 0.2) is 58.7 Å².